The highest BCUT2D eigenvalue weighted by Crippen LogP contribution is 2.34. The topological polar surface area (TPSA) is 29.9 Å². The Kier molecular flexibility index (Phi) is 3.22. The first kappa shape index (κ1) is 11.9. The molecule has 1 aliphatic rings. The molecule has 0 saturated carbocycles. The number of nitrogens with one attached hydrogen (secondary N) is 1. The fraction of sp³-hybridized carbons (Fsp3) is 0.500. The van der Waals surface area contributed by atoms with E-state index in [1.807, 2.05) is 36.3 Å². The van der Waals surface area contributed by atoms with E-state index in [1.54, 1.807) is 10.4 Å². The molecule has 1 atom stereocenters. The van der Waals surface area contributed by atoms with Crippen molar-refractivity contribution in [2.45, 2.75) is 31.7 Å². The Morgan fingerprint density at radius 1 is 1.50 bits per heavy atom. The van der Waals surface area contributed by atoms with Crippen molar-refractivity contribution in [3.63, 3.8) is 0 Å². The van der Waals surface area contributed by atoms with Crippen molar-refractivity contribution in [3.05, 3.63) is 39.3 Å². The summed E-state index contributed by atoms with van der Waals surface area (Å²) in [5.74, 6) is 0. The zero-order valence-corrected chi connectivity index (χ0v) is 11.8. The van der Waals surface area contributed by atoms with E-state index in [0.717, 1.165) is 6.42 Å². The Balaban J connectivity index is 1.79. The maximum Gasteiger partial charge on any atom is 0.0522 e. The Labute approximate surface area is 112 Å². The lowest BCUT2D eigenvalue weighted by Crippen LogP contribution is -2.17. The van der Waals surface area contributed by atoms with Gasteiger partial charge < -0.3 is 5.32 Å². The molecule has 2 aromatic rings. The fourth-order valence-corrected chi connectivity index (χ4v) is 4.05. The molecule has 3 rings (SSSR count). The minimum Gasteiger partial charge on any atom is -0.312 e. The quantitative estimate of drug-likeness (QED) is 0.916. The van der Waals surface area contributed by atoms with Gasteiger partial charge in [-0.05, 0) is 49.9 Å². The second-order valence-corrected chi connectivity index (χ2v) is 6.19. The van der Waals surface area contributed by atoms with Gasteiger partial charge in [0.2, 0.25) is 0 Å². The predicted octanol–water partition coefficient (Wildman–Crippen LogP) is 2.47. The molecule has 0 aliphatic heterocycles. The average Bonchev–Trinajstić information content (AvgIpc) is 3.00. The van der Waals surface area contributed by atoms with Crippen LogP contribution in [0.2, 0.25) is 0 Å². The lowest BCUT2D eigenvalue weighted by molar-refractivity contribution is 0.601. The van der Waals surface area contributed by atoms with Gasteiger partial charge in [0.25, 0.3) is 0 Å². The molecular formula is C14H19N3S. The van der Waals surface area contributed by atoms with E-state index in [9.17, 15) is 0 Å². The van der Waals surface area contributed by atoms with Crippen molar-refractivity contribution in [2.24, 2.45) is 7.05 Å². The zero-order chi connectivity index (χ0) is 12.5. The van der Waals surface area contributed by atoms with Crippen LogP contribution in [0, 0.1) is 0 Å². The molecule has 18 heavy (non-hydrogen) atoms. The number of aryl methyl sites for hydroxylation is 3. The summed E-state index contributed by atoms with van der Waals surface area (Å²) in [7, 11) is 4.02. The van der Waals surface area contributed by atoms with Crippen molar-refractivity contribution >= 4 is 11.3 Å². The number of hydrogen-bond acceptors (Lipinski definition) is 3. The summed E-state index contributed by atoms with van der Waals surface area (Å²) in [6, 6.07) is 2.83. The smallest absolute Gasteiger partial charge is 0.0522 e. The maximum atomic E-state index is 4.24. The maximum absolute atomic E-state index is 4.24. The molecular weight excluding hydrogens is 242 g/mol. The van der Waals surface area contributed by atoms with E-state index in [4.69, 9.17) is 0 Å². The number of thiophene rings is 1. The van der Waals surface area contributed by atoms with Crippen molar-refractivity contribution in [3.8, 4) is 0 Å². The summed E-state index contributed by atoms with van der Waals surface area (Å²) < 4.78 is 1.87. The lowest BCUT2D eigenvalue weighted by atomic mass is 10.1. The Hall–Kier alpha value is -1.13. The summed E-state index contributed by atoms with van der Waals surface area (Å²) in [5.41, 5.74) is 2.88. The number of likely N-dealkylation sites (N-methyl/N-ethyl adjacent to an activating group) is 1. The first-order chi connectivity index (χ1) is 8.76. The minimum atomic E-state index is 0.421. The van der Waals surface area contributed by atoms with Crippen molar-refractivity contribution in [2.75, 3.05) is 7.05 Å². The van der Waals surface area contributed by atoms with Crippen molar-refractivity contribution in [1.29, 1.82) is 0 Å². The van der Waals surface area contributed by atoms with Gasteiger partial charge in [0.15, 0.2) is 0 Å². The third-order valence-corrected chi connectivity index (χ3v) is 5.01. The van der Waals surface area contributed by atoms with E-state index in [1.165, 1.54) is 29.7 Å². The molecule has 2 aromatic heterocycles. The summed E-state index contributed by atoms with van der Waals surface area (Å²) in [6.45, 7) is 0. The van der Waals surface area contributed by atoms with E-state index < -0.39 is 0 Å². The van der Waals surface area contributed by atoms with E-state index in [2.05, 4.69) is 22.7 Å². The number of aromatic nitrogens is 2. The van der Waals surface area contributed by atoms with Gasteiger partial charge in [0.1, 0.15) is 0 Å². The van der Waals surface area contributed by atoms with Crippen LogP contribution in [0.25, 0.3) is 0 Å². The highest BCUT2D eigenvalue weighted by Gasteiger charge is 2.19. The molecule has 1 N–H and O–H groups in total. The van der Waals surface area contributed by atoms with Gasteiger partial charge in [-0.3, -0.25) is 4.68 Å². The average molecular weight is 261 g/mol. The number of rotatable bonds is 4. The molecule has 4 heteroatoms. The molecule has 0 bridgehead atoms. The Morgan fingerprint density at radius 2 is 2.39 bits per heavy atom. The second kappa shape index (κ2) is 4.86. The molecule has 0 saturated heterocycles. The standard InChI is InChI=1S/C14H19N3S/c1-15-12(6-10-8-16-17(2)9-10)14-7-11-4-3-5-13(11)18-14/h7-9,12,15H,3-6H2,1-2H3. The number of fused-ring (bicyclic) bond motifs is 1. The summed E-state index contributed by atoms with van der Waals surface area (Å²) >= 11 is 1.99. The van der Waals surface area contributed by atoms with Crippen LogP contribution in [0.1, 0.15) is 33.3 Å². The molecule has 0 aromatic carbocycles. The third-order valence-electron chi connectivity index (χ3n) is 3.66. The molecule has 1 aliphatic carbocycles. The molecule has 1 unspecified atom stereocenters. The lowest BCUT2D eigenvalue weighted by Gasteiger charge is -2.13. The van der Waals surface area contributed by atoms with Gasteiger partial charge in [-0.1, -0.05) is 0 Å². The fourth-order valence-electron chi connectivity index (χ4n) is 2.68. The van der Waals surface area contributed by atoms with Gasteiger partial charge >= 0.3 is 0 Å². The van der Waals surface area contributed by atoms with Crippen LogP contribution < -0.4 is 5.32 Å². The van der Waals surface area contributed by atoms with Crippen LogP contribution in [-0.4, -0.2) is 16.8 Å². The minimum absolute atomic E-state index is 0.421. The summed E-state index contributed by atoms with van der Waals surface area (Å²) in [4.78, 5) is 3.09. The van der Waals surface area contributed by atoms with Gasteiger partial charge in [0, 0.05) is 29.0 Å². The van der Waals surface area contributed by atoms with Crippen LogP contribution in [0.3, 0.4) is 0 Å². The van der Waals surface area contributed by atoms with Crippen LogP contribution in [0.15, 0.2) is 18.5 Å². The summed E-state index contributed by atoms with van der Waals surface area (Å²) in [6.07, 6.45) is 8.98. The highest BCUT2D eigenvalue weighted by atomic mass is 32.1. The monoisotopic (exact) mass is 261 g/mol. The van der Waals surface area contributed by atoms with Crippen molar-refractivity contribution < 1.29 is 0 Å². The van der Waals surface area contributed by atoms with Crippen molar-refractivity contribution in [1.82, 2.24) is 15.1 Å². The highest BCUT2D eigenvalue weighted by molar-refractivity contribution is 7.12. The Bertz CT molecular complexity index is 519. The van der Waals surface area contributed by atoms with Crippen LogP contribution >= 0.6 is 11.3 Å². The van der Waals surface area contributed by atoms with Crippen LogP contribution in [0.4, 0.5) is 0 Å². The molecule has 0 spiro atoms. The van der Waals surface area contributed by atoms with Gasteiger partial charge in [-0.25, -0.2) is 0 Å². The first-order valence-electron chi connectivity index (χ1n) is 6.52. The molecule has 0 amide bonds. The largest absolute Gasteiger partial charge is 0.312 e. The normalized spacial score (nSPS) is 15.9. The third kappa shape index (κ3) is 2.22. The SMILES string of the molecule is CNC(Cc1cnn(C)c1)c1cc2c(s1)CCC2. The van der Waals surface area contributed by atoms with Crippen LogP contribution in [0.5, 0.6) is 0 Å². The van der Waals surface area contributed by atoms with Gasteiger partial charge in [-0.15, -0.1) is 11.3 Å². The molecule has 3 nitrogen and oxygen atoms in total. The van der Waals surface area contributed by atoms with E-state index in [-0.39, 0.29) is 0 Å². The van der Waals surface area contributed by atoms with Gasteiger partial charge in [0.05, 0.1) is 6.20 Å². The predicted molar refractivity (Wildman–Crippen MR) is 75.1 cm³/mol. The second-order valence-electron chi connectivity index (χ2n) is 5.02. The number of nitrogens with zero attached hydrogens (tertiary/aromatic N) is 2. The summed E-state index contributed by atoms with van der Waals surface area (Å²) in [5, 5.41) is 7.68. The van der Waals surface area contributed by atoms with E-state index in [0.29, 0.717) is 6.04 Å². The molecule has 96 valence electrons. The van der Waals surface area contributed by atoms with E-state index >= 15 is 0 Å². The number of hydrogen-bond donors (Lipinski definition) is 1. The van der Waals surface area contributed by atoms with Gasteiger partial charge in [-0.2, -0.15) is 5.10 Å². The molecule has 0 fully saturated rings. The molecule has 2 heterocycles. The first-order valence-corrected chi connectivity index (χ1v) is 7.34. The Morgan fingerprint density at radius 3 is 3.06 bits per heavy atom. The zero-order valence-electron chi connectivity index (χ0n) is 10.9. The van der Waals surface area contributed by atoms with Crippen LogP contribution in [-0.2, 0) is 26.3 Å². The molecule has 0 radical (unpaired) electrons.